The molecule has 0 amide bonds. The summed E-state index contributed by atoms with van der Waals surface area (Å²) in [5.41, 5.74) is 5.34. The Morgan fingerprint density at radius 2 is 1.00 bits per heavy atom. The minimum Gasteiger partial charge on any atom is -0.462 e. The SMILES string of the molecule is CCC=CCC=CCC=CCC=CCCCCC(=O)OCC(COP(=O)(O)OCCN)OC(=O)CCCCCCCCCCCC=CCCCCCCCC. The zero-order valence-corrected chi connectivity index (χ0v) is 35.8. The zero-order chi connectivity index (χ0) is 40.3. The van der Waals surface area contributed by atoms with Crippen molar-refractivity contribution in [3.8, 4) is 0 Å². The molecule has 0 aliphatic rings. The molecular weight excluding hydrogens is 713 g/mol. The normalized spacial score (nSPS) is 13.9. The number of allylic oxidation sites excluding steroid dienone is 10. The summed E-state index contributed by atoms with van der Waals surface area (Å²) in [6.07, 6.45) is 48.3. The predicted octanol–water partition coefficient (Wildman–Crippen LogP) is 12.5. The highest BCUT2D eigenvalue weighted by molar-refractivity contribution is 7.47. The van der Waals surface area contributed by atoms with E-state index in [1.165, 1.54) is 83.5 Å². The summed E-state index contributed by atoms with van der Waals surface area (Å²) in [6.45, 7) is 3.56. The minimum absolute atomic E-state index is 0.0451. The number of hydrogen-bond acceptors (Lipinski definition) is 8. The summed E-state index contributed by atoms with van der Waals surface area (Å²) < 4.78 is 32.7. The Morgan fingerprint density at radius 1 is 0.564 bits per heavy atom. The van der Waals surface area contributed by atoms with Crippen molar-refractivity contribution in [3.05, 3.63) is 60.8 Å². The van der Waals surface area contributed by atoms with E-state index in [0.29, 0.717) is 12.8 Å². The number of phosphoric acid groups is 1. The maximum atomic E-state index is 12.6. The molecular formula is C45H80NO8P. The van der Waals surface area contributed by atoms with Crippen molar-refractivity contribution in [1.29, 1.82) is 0 Å². The van der Waals surface area contributed by atoms with E-state index < -0.39 is 32.5 Å². The van der Waals surface area contributed by atoms with Crippen molar-refractivity contribution in [2.75, 3.05) is 26.4 Å². The first-order valence-corrected chi connectivity index (χ1v) is 23.3. The number of esters is 2. The van der Waals surface area contributed by atoms with Crippen LogP contribution in [0.2, 0.25) is 0 Å². The molecule has 9 nitrogen and oxygen atoms in total. The van der Waals surface area contributed by atoms with Gasteiger partial charge < -0.3 is 20.1 Å². The van der Waals surface area contributed by atoms with Crippen LogP contribution in [0.5, 0.6) is 0 Å². The van der Waals surface area contributed by atoms with Gasteiger partial charge in [-0.25, -0.2) is 4.57 Å². The fourth-order valence-electron chi connectivity index (χ4n) is 5.68. The van der Waals surface area contributed by atoms with E-state index in [1.807, 2.05) is 0 Å². The van der Waals surface area contributed by atoms with Crippen molar-refractivity contribution in [2.45, 2.75) is 187 Å². The van der Waals surface area contributed by atoms with Crippen LogP contribution >= 0.6 is 7.82 Å². The van der Waals surface area contributed by atoms with Crippen LogP contribution in [0.3, 0.4) is 0 Å². The van der Waals surface area contributed by atoms with Gasteiger partial charge in [-0.3, -0.25) is 18.6 Å². The third-order valence-electron chi connectivity index (χ3n) is 8.89. The molecule has 0 aromatic carbocycles. The monoisotopic (exact) mass is 794 g/mol. The summed E-state index contributed by atoms with van der Waals surface area (Å²) in [5, 5.41) is 0. The molecule has 0 heterocycles. The lowest BCUT2D eigenvalue weighted by Crippen LogP contribution is -2.29. The second-order valence-electron chi connectivity index (χ2n) is 14.2. The van der Waals surface area contributed by atoms with Gasteiger partial charge in [-0.2, -0.15) is 0 Å². The molecule has 2 unspecified atom stereocenters. The topological polar surface area (TPSA) is 134 Å². The van der Waals surface area contributed by atoms with E-state index in [-0.39, 0.29) is 32.6 Å². The molecule has 2 atom stereocenters. The van der Waals surface area contributed by atoms with Gasteiger partial charge in [-0.1, -0.05) is 152 Å². The third-order valence-corrected chi connectivity index (χ3v) is 9.87. The van der Waals surface area contributed by atoms with Gasteiger partial charge in [-0.15, -0.1) is 0 Å². The van der Waals surface area contributed by atoms with Gasteiger partial charge in [-0.05, 0) is 77.0 Å². The van der Waals surface area contributed by atoms with Crippen LogP contribution in [0, 0.1) is 0 Å². The summed E-state index contributed by atoms with van der Waals surface area (Å²) >= 11 is 0. The van der Waals surface area contributed by atoms with Gasteiger partial charge in [0.25, 0.3) is 0 Å². The van der Waals surface area contributed by atoms with Crippen LogP contribution in [0.4, 0.5) is 0 Å². The second kappa shape index (κ2) is 41.3. The Bertz CT molecular complexity index is 1090. The van der Waals surface area contributed by atoms with Crippen molar-refractivity contribution in [2.24, 2.45) is 5.73 Å². The molecule has 0 fully saturated rings. The Morgan fingerprint density at radius 3 is 1.55 bits per heavy atom. The van der Waals surface area contributed by atoms with Gasteiger partial charge >= 0.3 is 19.8 Å². The number of hydrogen-bond donors (Lipinski definition) is 2. The first kappa shape index (κ1) is 52.7. The van der Waals surface area contributed by atoms with E-state index in [9.17, 15) is 19.0 Å². The smallest absolute Gasteiger partial charge is 0.462 e. The Balaban J connectivity index is 4.20. The van der Waals surface area contributed by atoms with Crippen LogP contribution in [-0.4, -0.2) is 49.3 Å². The number of carbonyl (C=O) groups excluding carboxylic acids is 2. The lowest BCUT2D eigenvalue weighted by Gasteiger charge is -2.19. The molecule has 0 rings (SSSR count). The third kappa shape index (κ3) is 41.2. The van der Waals surface area contributed by atoms with Crippen LogP contribution < -0.4 is 5.73 Å². The zero-order valence-electron chi connectivity index (χ0n) is 34.9. The van der Waals surface area contributed by atoms with Crippen LogP contribution in [0.1, 0.15) is 181 Å². The van der Waals surface area contributed by atoms with Gasteiger partial charge in [0, 0.05) is 19.4 Å². The molecule has 318 valence electrons. The highest BCUT2D eigenvalue weighted by atomic mass is 31.2. The summed E-state index contributed by atoms with van der Waals surface area (Å²) in [6, 6.07) is 0. The largest absolute Gasteiger partial charge is 0.472 e. The fourth-order valence-corrected chi connectivity index (χ4v) is 6.44. The van der Waals surface area contributed by atoms with Crippen LogP contribution in [0.15, 0.2) is 60.8 Å². The molecule has 0 radical (unpaired) electrons. The number of nitrogens with two attached hydrogens (primary N) is 1. The summed E-state index contributed by atoms with van der Waals surface area (Å²) in [7, 11) is -4.39. The number of carbonyl (C=O) groups is 2. The molecule has 0 aromatic heterocycles. The Kier molecular flexibility index (Phi) is 39.6. The van der Waals surface area contributed by atoms with Crippen molar-refractivity contribution in [3.63, 3.8) is 0 Å². The average molecular weight is 794 g/mol. The molecule has 10 heteroatoms. The predicted molar refractivity (Wildman–Crippen MR) is 229 cm³/mol. The van der Waals surface area contributed by atoms with Gasteiger partial charge in [0.15, 0.2) is 6.10 Å². The Hall–Kier alpha value is -2.29. The van der Waals surface area contributed by atoms with E-state index in [4.69, 9.17) is 24.3 Å². The number of unbranched alkanes of at least 4 members (excludes halogenated alkanes) is 17. The first-order valence-electron chi connectivity index (χ1n) is 21.8. The van der Waals surface area contributed by atoms with E-state index in [0.717, 1.165) is 57.8 Å². The molecule has 0 aliphatic heterocycles. The highest BCUT2D eigenvalue weighted by Crippen LogP contribution is 2.43. The second-order valence-corrected chi connectivity index (χ2v) is 15.6. The standard InChI is InChI=1S/C45H80NO8P/c1-3-5-7-9-11-13-15-17-19-20-21-22-24-26-28-30-32-34-36-38-45(48)54-43(42-53-55(49,50)52-40-39-46)41-51-44(47)37-35-33-31-29-27-25-23-18-16-14-12-10-8-6-4-2/h6,8,12,14,17-19,23,27,29,43H,3-5,7,9-11,13,15-16,20-22,24-26,28,30-42,46H2,1-2H3,(H,49,50). The average Bonchev–Trinajstić information content (AvgIpc) is 3.17. The molecule has 55 heavy (non-hydrogen) atoms. The van der Waals surface area contributed by atoms with Crippen molar-refractivity contribution < 1.29 is 37.6 Å². The van der Waals surface area contributed by atoms with E-state index >= 15 is 0 Å². The number of rotatable bonds is 40. The quantitative estimate of drug-likeness (QED) is 0.0269. The van der Waals surface area contributed by atoms with E-state index in [2.05, 4.69) is 74.6 Å². The summed E-state index contributed by atoms with van der Waals surface area (Å²) in [5.74, 6) is -0.882. The maximum absolute atomic E-state index is 12.6. The fraction of sp³-hybridized carbons (Fsp3) is 0.733. The lowest BCUT2D eigenvalue weighted by molar-refractivity contribution is -0.161. The molecule has 0 bridgehead atoms. The molecule has 0 aliphatic carbocycles. The van der Waals surface area contributed by atoms with E-state index in [1.54, 1.807) is 0 Å². The number of phosphoric ester groups is 1. The molecule has 0 saturated carbocycles. The van der Waals surface area contributed by atoms with Crippen molar-refractivity contribution >= 4 is 19.8 Å². The highest BCUT2D eigenvalue weighted by Gasteiger charge is 2.26. The molecule has 0 spiro atoms. The summed E-state index contributed by atoms with van der Waals surface area (Å²) in [4.78, 5) is 34.8. The molecule has 0 saturated heterocycles. The maximum Gasteiger partial charge on any atom is 0.472 e. The lowest BCUT2D eigenvalue weighted by atomic mass is 10.1. The van der Waals surface area contributed by atoms with Crippen molar-refractivity contribution in [1.82, 2.24) is 0 Å². The van der Waals surface area contributed by atoms with Crippen LogP contribution in [0.25, 0.3) is 0 Å². The molecule has 3 N–H and O–H groups in total. The van der Waals surface area contributed by atoms with Gasteiger partial charge in [0.1, 0.15) is 6.61 Å². The minimum atomic E-state index is -4.39. The number of ether oxygens (including phenoxy) is 2. The Labute approximate surface area is 336 Å². The van der Waals surface area contributed by atoms with Crippen LogP contribution in [-0.2, 0) is 32.7 Å². The first-order chi connectivity index (χ1) is 26.8. The van der Waals surface area contributed by atoms with Gasteiger partial charge in [0.05, 0.1) is 13.2 Å². The molecule has 0 aromatic rings. The van der Waals surface area contributed by atoms with Gasteiger partial charge in [0.2, 0.25) is 0 Å².